The molecule has 2 aromatic rings. The summed E-state index contributed by atoms with van der Waals surface area (Å²) in [5.41, 5.74) is 1.88. The monoisotopic (exact) mass is 407 g/mol. The van der Waals surface area contributed by atoms with E-state index in [1.807, 2.05) is 24.4 Å². The lowest BCUT2D eigenvalue weighted by Gasteiger charge is -2.23. The van der Waals surface area contributed by atoms with Gasteiger partial charge in [-0.2, -0.15) is 4.31 Å². The topological polar surface area (TPSA) is 79.4 Å². The van der Waals surface area contributed by atoms with Gasteiger partial charge in [0.25, 0.3) is 0 Å². The van der Waals surface area contributed by atoms with Gasteiger partial charge in [0.15, 0.2) is 0 Å². The smallest absolute Gasteiger partial charge is 0.243 e. The van der Waals surface area contributed by atoms with Crippen LogP contribution in [-0.2, 0) is 21.4 Å². The summed E-state index contributed by atoms with van der Waals surface area (Å²) in [6, 6.07) is 6.28. The van der Waals surface area contributed by atoms with E-state index in [1.54, 1.807) is 12.1 Å². The van der Waals surface area contributed by atoms with Crippen molar-refractivity contribution in [2.45, 2.75) is 57.0 Å². The highest BCUT2D eigenvalue weighted by atomic mass is 32.2. The van der Waals surface area contributed by atoms with Gasteiger partial charge in [0.2, 0.25) is 15.9 Å². The Kier molecular flexibility index (Phi) is 5.98. The number of rotatable bonds is 6. The van der Waals surface area contributed by atoms with Gasteiger partial charge >= 0.3 is 0 Å². The average Bonchev–Trinajstić information content (AvgIpc) is 3.29. The quantitative estimate of drug-likeness (QED) is 0.798. The molecule has 0 bridgehead atoms. The molecule has 1 aliphatic heterocycles. The van der Waals surface area contributed by atoms with E-state index in [4.69, 9.17) is 0 Å². The minimum Gasteiger partial charge on any atom is -0.349 e. The number of hydrogen-bond acceptors (Lipinski definition) is 5. The van der Waals surface area contributed by atoms with Crippen molar-refractivity contribution in [1.29, 1.82) is 0 Å². The number of benzene rings is 1. The molecule has 1 saturated heterocycles. The molecule has 2 heterocycles. The van der Waals surface area contributed by atoms with E-state index >= 15 is 0 Å². The summed E-state index contributed by atoms with van der Waals surface area (Å²) in [5.74, 6) is 0.0712. The Morgan fingerprint density at radius 3 is 2.63 bits per heavy atom. The summed E-state index contributed by atoms with van der Waals surface area (Å²) in [6.45, 7) is 6.72. The molecule has 1 aromatic carbocycles. The third-order valence-corrected chi connectivity index (χ3v) is 7.51. The highest BCUT2D eigenvalue weighted by molar-refractivity contribution is 7.89. The lowest BCUT2D eigenvalue weighted by atomic mass is 10.0. The van der Waals surface area contributed by atoms with Crippen LogP contribution >= 0.6 is 11.3 Å². The van der Waals surface area contributed by atoms with Gasteiger partial charge < -0.3 is 5.32 Å². The molecule has 1 aliphatic rings. The molecular weight excluding hydrogens is 382 g/mol. The molecule has 6 nitrogen and oxygen atoms in total. The Hall–Kier alpha value is -1.77. The zero-order chi connectivity index (χ0) is 19.6. The van der Waals surface area contributed by atoms with Crippen molar-refractivity contribution < 1.29 is 13.2 Å². The van der Waals surface area contributed by atoms with Crippen molar-refractivity contribution in [3.8, 4) is 0 Å². The maximum atomic E-state index is 13.0. The van der Waals surface area contributed by atoms with Crippen LogP contribution < -0.4 is 5.32 Å². The highest BCUT2D eigenvalue weighted by Gasteiger charge is 2.39. The molecule has 3 rings (SSSR count). The predicted octanol–water partition coefficient (Wildman–Crippen LogP) is 3.04. The number of carbonyl (C=O) groups excluding carboxylic acids is 1. The zero-order valence-electron chi connectivity index (χ0n) is 15.8. The number of nitrogens with zero attached hydrogens (tertiary/aromatic N) is 2. The number of amides is 1. The number of aromatic nitrogens is 1. The first-order valence-electron chi connectivity index (χ1n) is 9.09. The SMILES string of the molecule is Cc1nc(CNC(=O)C2CCCN2S(=O)(=O)c2ccc(C(C)C)cc2)cs1. The largest absolute Gasteiger partial charge is 0.349 e. The predicted molar refractivity (Wildman–Crippen MR) is 106 cm³/mol. The van der Waals surface area contributed by atoms with Gasteiger partial charge in [-0.05, 0) is 43.4 Å². The molecule has 1 aromatic heterocycles. The van der Waals surface area contributed by atoms with Crippen LogP contribution in [0.25, 0.3) is 0 Å². The third-order valence-electron chi connectivity index (χ3n) is 4.77. The van der Waals surface area contributed by atoms with Gasteiger partial charge in [0.05, 0.1) is 22.1 Å². The first-order valence-corrected chi connectivity index (χ1v) is 11.4. The Balaban J connectivity index is 1.72. The second-order valence-corrected chi connectivity index (χ2v) is 10.0. The molecular formula is C19H25N3O3S2. The lowest BCUT2D eigenvalue weighted by molar-refractivity contribution is -0.124. The number of hydrogen-bond donors (Lipinski definition) is 1. The fourth-order valence-electron chi connectivity index (χ4n) is 3.23. The highest BCUT2D eigenvalue weighted by Crippen LogP contribution is 2.27. The normalized spacial score (nSPS) is 18.1. The molecule has 1 unspecified atom stereocenters. The van der Waals surface area contributed by atoms with Crippen molar-refractivity contribution in [2.24, 2.45) is 0 Å². The number of carbonyl (C=O) groups is 1. The van der Waals surface area contributed by atoms with Crippen LogP contribution in [0.5, 0.6) is 0 Å². The van der Waals surface area contributed by atoms with E-state index < -0.39 is 16.1 Å². The van der Waals surface area contributed by atoms with E-state index in [2.05, 4.69) is 24.1 Å². The van der Waals surface area contributed by atoms with Crippen molar-refractivity contribution in [3.63, 3.8) is 0 Å². The molecule has 0 radical (unpaired) electrons. The van der Waals surface area contributed by atoms with E-state index in [1.165, 1.54) is 15.6 Å². The van der Waals surface area contributed by atoms with E-state index in [0.29, 0.717) is 31.8 Å². The van der Waals surface area contributed by atoms with Crippen molar-refractivity contribution >= 4 is 27.3 Å². The van der Waals surface area contributed by atoms with Gasteiger partial charge in [0.1, 0.15) is 6.04 Å². The molecule has 1 fully saturated rings. The Morgan fingerprint density at radius 1 is 1.33 bits per heavy atom. The Labute approximate surface area is 164 Å². The number of aryl methyl sites for hydroxylation is 1. The summed E-state index contributed by atoms with van der Waals surface area (Å²) >= 11 is 1.52. The van der Waals surface area contributed by atoms with Crippen LogP contribution in [0.2, 0.25) is 0 Å². The zero-order valence-corrected chi connectivity index (χ0v) is 17.4. The lowest BCUT2D eigenvalue weighted by Crippen LogP contribution is -2.45. The third kappa shape index (κ3) is 4.39. The van der Waals surface area contributed by atoms with Gasteiger partial charge in [-0.1, -0.05) is 26.0 Å². The fourth-order valence-corrected chi connectivity index (χ4v) is 5.50. The molecule has 1 N–H and O–H groups in total. The Bertz CT molecular complexity index is 905. The summed E-state index contributed by atoms with van der Waals surface area (Å²) in [7, 11) is -3.70. The van der Waals surface area contributed by atoms with E-state index in [-0.39, 0.29) is 10.8 Å². The second kappa shape index (κ2) is 8.08. The van der Waals surface area contributed by atoms with E-state index in [0.717, 1.165) is 16.3 Å². The molecule has 27 heavy (non-hydrogen) atoms. The standard InChI is InChI=1S/C19H25N3O3S2/c1-13(2)15-6-8-17(9-7-15)27(24,25)22-10-4-5-18(22)19(23)20-11-16-12-26-14(3)21-16/h6-9,12-13,18H,4-5,10-11H2,1-3H3,(H,20,23). The average molecular weight is 408 g/mol. The van der Waals surface area contributed by atoms with Gasteiger partial charge in [-0.3, -0.25) is 4.79 Å². The Morgan fingerprint density at radius 2 is 2.04 bits per heavy atom. The maximum absolute atomic E-state index is 13.0. The van der Waals surface area contributed by atoms with Crippen LogP contribution in [0.15, 0.2) is 34.5 Å². The summed E-state index contributed by atoms with van der Waals surface area (Å²) < 4.78 is 27.4. The molecule has 0 aliphatic carbocycles. The second-order valence-electron chi connectivity index (χ2n) is 7.07. The van der Waals surface area contributed by atoms with Crippen LogP contribution in [0.4, 0.5) is 0 Å². The molecule has 0 saturated carbocycles. The van der Waals surface area contributed by atoms with E-state index in [9.17, 15) is 13.2 Å². The van der Waals surface area contributed by atoms with Crippen LogP contribution in [-0.4, -0.2) is 36.2 Å². The fraction of sp³-hybridized carbons (Fsp3) is 0.474. The first-order chi connectivity index (χ1) is 12.8. The molecule has 1 atom stereocenters. The molecule has 146 valence electrons. The van der Waals surface area contributed by atoms with Crippen LogP contribution in [0.3, 0.4) is 0 Å². The molecule has 8 heteroatoms. The maximum Gasteiger partial charge on any atom is 0.243 e. The van der Waals surface area contributed by atoms with Crippen molar-refractivity contribution in [2.75, 3.05) is 6.54 Å². The van der Waals surface area contributed by atoms with Crippen molar-refractivity contribution in [1.82, 2.24) is 14.6 Å². The summed E-state index contributed by atoms with van der Waals surface area (Å²) in [5, 5.41) is 5.67. The van der Waals surface area contributed by atoms with Gasteiger partial charge in [-0.25, -0.2) is 13.4 Å². The number of thiazole rings is 1. The van der Waals surface area contributed by atoms with Crippen molar-refractivity contribution in [3.05, 3.63) is 45.9 Å². The minimum atomic E-state index is -3.70. The summed E-state index contributed by atoms with van der Waals surface area (Å²) in [6.07, 6.45) is 1.21. The van der Waals surface area contributed by atoms with Crippen LogP contribution in [0.1, 0.15) is 48.9 Å². The van der Waals surface area contributed by atoms with Gasteiger partial charge in [-0.15, -0.1) is 11.3 Å². The molecule has 0 spiro atoms. The minimum absolute atomic E-state index is 0.238. The summed E-state index contributed by atoms with van der Waals surface area (Å²) in [4.78, 5) is 17.2. The first kappa shape index (κ1) is 20.0. The number of sulfonamides is 1. The van der Waals surface area contributed by atoms with Gasteiger partial charge in [0, 0.05) is 11.9 Å². The molecule has 1 amide bonds. The van der Waals surface area contributed by atoms with Crippen LogP contribution in [0, 0.1) is 6.92 Å². The number of nitrogens with one attached hydrogen (secondary N) is 1.